The van der Waals surface area contributed by atoms with Gasteiger partial charge in [0.05, 0.1) is 6.33 Å². The number of rotatable bonds is 3. The Morgan fingerprint density at radius 1 is 1.15 bits per heavy atom. The number of halogens is 3. The summed E-state index contributed by atoms with van der Waals surface area (Å²) in [7, 11) is 1.38. The summed E-state index contributed by atoms with van der Waals surface area (Å²) in [5.74, 6) is 0.519. The summed E-state index contributed by atoms with van der Waals surface area (Å²) in [5, 5.41) is 0. The molecule has 2 aromatic rings. The molecule has 2 aromatic heterocycles. The molecule has 0 amide bonds. The smallest absolute Gasteiger partial charge is 0.358 e. The molecule has 1 fully saturated rings. The minimum absolute atomic E-state index is 0.0794. The van der Waals surface area contributed by atoms with Crippen molar-refractivity contribution in [2.24, 2.45) is 13.0 Å². The Labute approximate surface area is 150 Å². The minimum Gasteiger partial charge on any atom is -0.358 e. The van der Waals surface area contributed by atoms with Crippen LogP contribution in [-0.4, -0.2) is 32.2 Å². The summed E-state index contributed by atoms with van der Waals surface area (Å²) in [6.45, 7) is 1.37. The van der Waals surface area contributed by atoms with Crippen molar-refractivity contribution in [2.45, 2.75) is 25.6 Å². The average Bonchev–Trinajstić information content (AvgIpc) is 2.60. The third-order valence-electron chi connectivity index (χ3n) is 4.71. The standard InChI is InChI=1S/C16H18F3N5O3/c1-22-13(25)7-12(21-15(22)27)23-4-2-10(3-5-23)8-24-9-20-11(6-14(24)26)16(17,18)19/h6-7,9-10H,2-5,8H2,1H3,(H,21,27). The van der Waals surface area contributed by atoms with Gasteiger partial charge in [-0.25, -0.2) is 9.78 Å². The van der Waals surface area contributed by atoms with Crippen molar-refractivity contribution in [3.05, 3.63) is 55.3 Å². The van der Waals surface area contributed by atoms with Gasteiger partial charge in [-0.3, -0.25) is 23.7 Å². The van der Waals surface area contributed by atoms with Crippen LogP contribution in [0.25, 0.3) is 0 Å². The monoisotopic (exact) mass is 385 g/mol. The highest BCUT2D eigenvalue weighted by atomic mass is 19.4. The Morgan fingerprint density at radius 2 is 1.81 bits per heavy atom. The molecule has 27 heavy (non-hydrogen) atoms. The number of nitrogens with one attached hydrogen (secondary N) is 1. The van der Waals surface area contributed by atoms with E-state index in [1.165, 1.54) is 17.7 Å². The van der Waals surface area contributed by atoms with Crippen molar-refractivity contribution in [1.29, 1.82) is 0 Å². The first-order chi connectivity index (χ1) is 12.6. The second kappa shape index (κ2) is 7.05. The zero-order chi connectivity index (χ0) is 19.8. The van der Waals surface area contributed by atoms with Crippen LogP contribution < -0.4 is 21.7 Å². The molecule has 3 rings (SSSR count). The van der Waals surface area contributed by atoms with E-state index in [-0.39, 0.29) is 12.5 Å². The van der Waals surface area contributed by atoms with Gasteiger partial charge in [-0.15, -0.1) is 0 Å². The maximum atomic E-state index is 12.6. The van der Waals surface area contributed by atoms with E-state index in [0.717, 1.165) is 10.9 Å². The molecular weight excluding hydrogens is 367 g/mol. The number of piperidine rings is 1. The van der Waals surface area contributed by atoms with E-state index in [1.54, 1.807) is 0 Å². The predicted molar refractivity (Wildman–Crippen MR) is 90.7 cm³/mol. The minimum atomic E-state index is -4.65. The van der Waals surface area contributed by atoms with Crippen LogP contribution in [-0.2, 0) is 19.8 Å². The van der Waals surface area contributed by atoms with E-state index in [2.05, 4.69) is 9.97 Å². The first kappa shape index (κ1) is 18.9. The van der Waals surface area contributed by atoms with E-state index in [0.29, 0.717) is 37.8 Å². The number of alkyl halides is 3. The Bertz CT molecular complexity index is 969. The van der Waals surface area contributed by atoms with Crippen LogP contribution in [0.2, 0.25) is 0 Å². The molecule has 0 atom stereocenters. The molecule has 0 aliphatic carbocycles. The summed E-state index contributed by atoms with van der Waals surface area (Å²) < 4.78 is 39.9. The van der Waals surface area contributed by atoms with Gasteiger partial charge in [-0.2, -0.15) is 13.2 Å². The number of nitrogens with zero attached hydrogens (tertiary/aromatic N) is 4. The molecule has 0 bridgehead atoms. The Balaban J connectivity index is 1.66. The lowest BCUT2D eigenvalue weighted by molar-refractivity contribution is -0.141. The van der Waals surface area contributed by atoms with Gasteiger partial charge in [0.1, 0.15) is 5.82 Å². The van der Waals surface area contributed by atoms with Crippen molar-refractivity contribution >= 4 is 5.82 Å². The molecule has 0 unspecified atom stereocenters. The SMILES string of the molecule is Cn1c(=O)cc(N2CCC(Cn3cnc(C(F)(F)F)cc3=O)CC2)[nH]c1=O. The highest BCUT2D eigenvalue weighted by Gasteiger charge is 2.33. The molecule has 1 N–H and O–H groups in total. The van der Waals surface area contributed by atoms with Gasteiger partial charge in [0.25, 0.3) is 11.1 Å². The van der Waals surface area contributed by atoms with Gasteiger partial charge < -0.3 is 4.90 Å². The maximum Gasteiger partial charge on any atom is 0.433 e. The number of hydrogen-bond acceptors (Lipinski definition) is 5. The zero-order valence-corrected chi connectivity index (χ0v) is 14.5. The van der Waals surface area contributed by atoms with Gasteiger partial charge in [-0.1, -0.05) is 0 Å². The molecule has 3 heterocycles. The normalized spacial score (nSPS) is 15.9. The fourth-order valence-electron chi connectivity index (χ4n) is 3.07. The Hall–Kier alpha value is -2.85. The van der Waals surface area contributed by atoms with Crippen LogP contribution in [0.1, 0.15) is 18.5 Å². The lowest BCUT2D eigenvalue weighted by Crippen LogP contribution is -2.40. The van der Waals surface area contributed by atoms with Crippen LogP contribution >= 0.6 is 0 Å². The van der Waals surface area contributed by atoms with Crippen molar-refractivity contribution in [3.63, 3.8) is 0 Å². The highest BCUT2D eigenvalue weighted by Crippen LogP contribution is 2.26. The fourth-order valence-corrected chi connectivity index (χ4v) is 3.07. The summed E-state index contributed by atoms with van der Waals surface area (Å²) in [5.41, 5.74) is -2.84. The molecule has 1 aliphatic heterocycles. The molecule has 1 aliphatic rings. The van der Waals surface area contributed by atoms with Crippen LogP contribution in [0, 0.1) is 5.92 Å². The maximum absolute atomic E-state index is 12.6. The lowest BCUT2D eigenvalue weighted by Gasteiger charge is -2.33. The quantitative estimate of drug-likeness (QED) is 0.834. The number of H-pyrrole nitrogens is 1. The number of aromatic amines is 1. The summed E-state index contributed by atoms with van der Waals surface area (Å²) in [4.78, 5) is 43.2. The highest BCUT2D eigenvalue weighted by molar-refractivity contribution is 5.37. The fraction of sp³-hybridized carbons (Fsp3) is 0.500. The largest absolute Gasteiger partial charge is 0.433 e. The Morgan fingerprint density at radius 3 is 2.37 bits per heavy atom. The molecule has 0 spiro atoms. The van der Waals surface area contributed by atoms with Crippen LogP contribution in [0.5, 0.6) is 0 Å². The molecule has 0 radical (unpaired) electrons. The number of aromatic nitrogens is 4. The van der Waals surface area contributed by atoms with Gasteiger partial charge in [-0.05, 0) is 18.8 Å². The van der Waals surface area contributed by atoms with E-state index < -0.39 is 28.7 Å². The van der Waals surface area contributed by atoms with E-state index >= 15 is 0 Å². The third kappa shape index (κ3) is 4.12. The van der Waals surface area contributed by atoms with Crippen molar-refractivity contribution in [3.8, 4) is 0 Å². The molecule has 11 heteroatoms. The zero-order valence-electron chi connectivity index (χ0n) is 14.5. The first-order valence-corrected chi connectivity index (χ1v) is 8.34. The molecule has 0 aromatic carbocycles. The number of hydrogen-bond donors (Lipinski definition) is 1. The molecule has 8 nitrogen and oxygen atoms in total. The van der Waals surface area contributed by atoms with Crippen molar-refractivity contribution in [1.82, 2.24) is 19.1 Å². The predicted octanol–water partition coefficient (Wildman–Crippen LogP) is 0.566. The van der Waals surface area contributed by atoms with E-state index in [9.17, 15) is 27.6 Å². The topological polar surface area (TPSA) is 93.0 Å². The van der Waals surface area contributed by atoms with Gasteiger partial charge in [0.15, 0.2) is 5.69 Å². The Kier molecular flexibility index (Phi) is 4.94. The summed E-state index contributed by atoms with van der Waals surface area (Å²) >= 11 is 0. The lowest BCUT2D eigenvalue weighted by atomic mass is 9.96. The van der Waals surface area contributed by atoms with E-state index in [4.69, 9.17) is 0 Å². The second-order valence-electron chi connectivity index (χ2n) is 6.55. The number of anilines is 1. The van der Waals surface area contributed by atoms with E-state index in [1.807, 2.05) is 4.90 Å². The van der Waals surface area contributed by atoms with Crippen molar-refractivity contribution in [2.75, 3.05) is 18.0 Å². The van der Waals surface area contributed by atoms with Gasteiger partial charge >= 0.3 is 11.9 Å². The molecule has 1 saturated heterocycles. The van der Waals surface area contributed by atoms with Gasteiger partial charge in [0, 0.05) is 38.8 Å². The van der Waals surface area contributed by atoms with Crippen LogP contribution in [0.15, 0.2) is 32.8 Å². The average molecular weight is 385 g/mol. The van der Waals surface area contributed by atoms with Crippen molar-refractivity contribution < 1.29 is 13.2 Å². The summed E-state index contributed by atoms with van der Waals surface area (Å²) in [6, 6.07) is 1.85. The second-order valence-corrected chi connectivity index (χ2v) is 6.55. The molecular formula is C16H18F3N5O3. The third-order valence-corrected chi connectivity index (χ3v) is 4.71. The van der Waals surface area contributed by atoms with Crippen LogP contribution in [0.4, 0.5) is 19.0 Å². The first-order valence-electron chi connectivity index (χ1n) is 8.34. The van der Waals surface area contributed by atoms with Gasteiger partial charge in [0.2, 0.25) is 0 Å². The molecule has 0 saturated carbocycles. The van der Waals surface area contributed by atoms with Crippen LogP contribution in [0.3, 0.4) is 0 Å². The summed E-state index contributed by atoms with van der Waals surface area (Å²) in [6.07, 6.45) is -2.40. The molecule has 146 valence electrons.